The first-order chi connectivity index (χ1) is 10.0. The maximum Gasteiger partial charge on any atom is 0.320 e. The van der Waals surface area contributed by atoms with Crippen molar-refractivity contribution in [2.24, 2.45) is 5.73 Å². The Morgan fingerprint density at radius 3 is 2.55 bits per heavy atom. The van der Waals surface area contributed by atoms with Gasteiger partial charge in [0.1, 0.15) is 6.04 Å². The third-order valence-electron chi connectivity index (χ3n) is 3.09. The molecular weight excluding hydrogens is 350 g/mol. The van der Waals surface area contributed by atoms with Crippen molar-refractivity contribution in [3.8, 4) is 0 Å². The van der Waals surface area contributed by atoms with Crippen molar-refractivity contribution in [2.45, 2.75) is 37.1 Å². The molecular formula is C13H16ClNO5S2. The number of hydrogen-bond acceptors (Lipinski definition) is 5. The Labute approximate surface area is 139 Å². The van der Waals surface area contributed by atoms with Gasteiger partial charge in [-0.2, -0.15) is 8.42 Å². The number of rotatable bonds is 7. The first-order valence-electron chi connectivity index (χ1n) is 6.29. The van der Waals surface area contributed by atoms with Crippen LogP contribution in [0.15, 0.2) is 17.0 Å². The first-order valence-corrected chi connectivity index (χ1v) is 8.51. The van der Waals surface area contributed by atoms with Crippen molar-refractivity contribution in [1.82, 2.24) is 0 Å². The van der Waals surface area contributed by atoms with Crippen LogP contribution in [-0.2, 0) is 21.3 Å². The molecule has 122 valence electrons. The van der Waals surface area contributed by atoms with Crippen LogP contribution in [-0.4, -0.2) is 35.0 Å². The largest absolute Gasteiger partial charge is 0.480 e. The molecule has 0 aliphatic heterocycles. The van der Waals surface area contributed by atoms with Gasteiger partial charge in [0.2, 0.25) is 0 Å². The fraction of sp³-hybridized carbons (Fsp3) is 0.385. The SMILES string of the molecule is Cc1c(Cl)cc(CC(=S)CC[C@H](N)C(=O)O)cc1S(=O)(=O)O. The van der Waals surface area contributed by atoms with Crippen LogP contribution < -0.4 is 5.73 Å². The summed E-state index contributed by atoms with van der Waals surface area (Å²) in [5.74, 6) is -1.10. The Hall–Kier alpha value is -1.06. The normalized spacial score (nSPS) is 12.9. The van der Waals surface area contributed by atoms with E-state index in [4.69, 9.17) is 34.7 Å². The highest BCUT2D eigenvalue weighted by Crippen LogP contribution is 2.26. The average molecular weight is 366 g/mol. The molecule has 0 heterocycles. The van der Waals surface area contributed by atoms with Gasteiger partial charge in [0, 0.05) is 11.4 Å². The minimum absolute atomic E-state index is 0.193. The Bertz CT molecular complexity index is 703. The van der Waals surface area contributed by atoms with E-state index in [2.05, 4.69) is 0 Å². The number of halogens is 1. The van der Waals surface area contributed by atoms with Gasteiger partial charge in [0.25, 0.3) is 10.1 Å². The van der Waals surface area contributed by atoms with E-state index in [-0.39, 0.29) is 28.3 Å². The summed E-state index contributed by atoms with van der Waals surface area (Å²) >= 11 is 11.1. The molecule has 0 radical (unpaired) electrons. The Morgan fingerprint density at radius 1 is 1.45 bits per heavy atom. The third-order valence-corrected chi connectivity index (χ3v) is 4.81. The van der Waals surface area contributed by atoms with Crippen molar-refractivity contribution in [2.75, 3.05) is 0 Å². The summed E-state index contributed by atoms with van der Waals surface area (Å²) < 4.78 is 31.8. The average Bonchev–Trinajstić information content (AvgIpc) is 2.38. The van der Waals surface area contributed by atoms with Gasteiger partial charge in [-0.05, 0) is 47.9 Å². The summed E-state index contributed by atoms with van der Waals surface area (Å²) in [6, 6.07) is 1.88. The number of thiocarbonyl (C=S) groups is 1. The molecule has 22 heavy (non-hydrogen) atoms. The van der Waals surface area contributed by atoms with Crippen molar-refractivity contribution in [3.05, 3.63) is 28.3 Å². The number of benzene rings is 1. The van der Waals surface area contributed by atoms with E-state index in [1.165, 1.54) is 13.0 Å². The predicted molar refractivity (Wildman–Crippen MR) is 87.2 cm³/mol. The minimum Gasteiger partial charge on any atom is -0.480 e. The molecule has 0 saturated carbocycles. The number of carbonyl (C=O) groups is 1. The van der Waals surface area contributed by atoms with E-state index in [1.54, 1.807) is 6.07 Å². The van der Waals surface area contributed by atoms with Gasteiger partial charge in [-0.25, -0.2) is 0 Å². The van der Waals surface area contributed by atoms with E-state index in [9.17, 15) is 17.8 Å². The molecule has 0 aliphatic carbocycles. The highest BCUT2D eigenvalue weighted by molar-refractivity contribution is 7.85. The number of aliphatic carboxylic acids is 1. The van der Waals surface area contributed by atoms with E-state index in [1.807, 2.05) is 0 Å². The number of carboxylic acid groups (broad SMARTS) is 1. The van der Waals surface area contributed by atoms with Crippen LogP contribution in [0.2, 0.25) is 5.02 Å². The quantitative estimate of drug-likeness (QED) is 0.499. The van der Waals surface area contributed by atoms with Gasteiger partial charge in [-0.1, -0.05) is 23.8 Å². The minimum atomic E-state index is -4.38. The van der Waals surface area contributed by atoms with Gasteiger partial charge >= 0.3 is 5.97 Å². The molecule has 0 amide bonds. The van der Waals surface area contributed by atoms with Crippen LogP contribution in [0, 0.1) is 6.92 Å². The smallest absolute Gasteiger partial charge is 0.320 e. The third kappa shape index (κ3) is 5.29. The topological polar surface area (TPSA) is 118 Å². The van der Waals surface area contributed by atoms with Crippen molar-refractivity contribution in [1.29, 1.82) is 0 Å². The molecule has 1 rings (SSSR count). The molecule has 0 aromatic heterocycles. The van der Waals surface area contributed by atoms with Crippen LogP contribution in [0.4, 0.5) is 0 Å². The molecule has 1 aromatic carbocycles. The Balaban J connectivity index is 2.89. The number of carboxylic acids is 1. The van der Waals surface area contributed by atoms with Crippen LogP contribution >= 0.6 is 23.8 Å². The second-order valence-corrected chi connectivity index (χ2v) is 7.25. The first kappa shape index (κ1) is 19.0. The second-order valence-electron chi connectivity index (χ2n) is 4.87. The van der Waals surface area contributed by atoms with E-state index < -0.39 is 22.1 Å². The summed E-state index contributed by atoms with van der Waals surface area (Å²) in [7, 11) is -4.38. The Morgan fingerprint density at radius 2 is 2.05 bits per heavy atom. The molecule has 1 atom stereocenters. The molecule has 9 heteroatoms. The lowest BCUT2D eigenvalue weighted by Gasteiger charge is -2.11. The van der Waals surface area contributed by atoms with Gasteiger partial charge < -0.3 is 10.8 Å². The van der Waals surface area contributed by atoms with Crippen molar-refractivity contribution >= 4 is 44.8 Å². The maximum absolute atomic E-state index is 11.3. The summed E-state index contributed by atoms with van der Waals surface area (Å²) in [5, 5.41) is 8.90. The molecule has 1 aromatic rings. The van der Waals surface area contributed by atoms with E-state index in [0.29, 0.717) is 16.8 Å². The van der Waals surface area contributed by atoms with Crippen LogP contribution in [0.1, 0.15) is 24.0 Å². The van der Waals surface area contributed by atoms with Gasteiger partial charge in [-0.3, -0.25) is 9.35 Å². The summed E-state index contributed by atoms with van der Waals surface area (Å²) in [4.78, 5) is 10.9. The zero-order chi connectivity index (χ0) is 17.1. The molecule has 0 spiro atoms. The predicted octanol–water partition coefficient (Wildman–Crippen LogP) is 2.00. The second kappa shape index (κ2) is 7.47. The molecule has 0 unspecified atom stereocenters. The van der Waals surface area contributed by atoms with Crippen molar-refractivity contribution in [3.63, 3.8) is 0 Å². The molecule has 0 fully saturated rings. The number of nitrogens with two attached hydrogens (primary N) is 1. The summed E-state index contributed by atoms with van der Waals surface area (Å²) in [6.07, 6.45) is 0.749. The Kier molecular flexibility index (Phi) is 6.45. The van der Waals surface area contributed by atoms with Gasteiger partial charge in [0.05, 0.1) is 4.90 Å². The lowest BCUT2D eigenvalue weighted by Crippen LogP contribution is -2.30. The fourth-order valence-electron chi connectivity index (χ4n) is 1.83. The van der Waals surface area contributed by atoms with Gasteiger partial charge in [-0.15, -0.1) is 0 Å². The zero-order valence-corrected chi connectivity index (χ0v) is 14.1. The van der Waals surface area contributed by atoms with Crippen molar-refractivity contribution < 1.29 is 22.9 Å². The standard InChI is InChI=1S/C13H16ClNO5S2/c1-7-10(14)5-8(6-12(7)22(18,19)20)4-9(21)2-3-11(15)13(16)17/h5-6,11H,2-4,15H2,1H3,(H,16,17)(H,18,19,20)/t11-/m0/s1. The lowest BCUT2D eigenvalue weighted by molar-refractivity contribution is -0.138. The highest BCUT2D eigenvalue weighted by Gasteiger charge is 2.18. The highest BCUT2D eigenvalue weighted by atomic mass is 35.5. The zero-order valence-electron chi connectivity index (χ0n) is 11.7. The maximum atomic E-state index is 11.3. The van der Waals surface area contributed by atoms with E-state index in [0.717, 1.165) is 0 Å². The van der Waals surface area contributed by atoms with E-state index >= 15 is 0 Å². The monoisotopic (exact) mass is 365 g/mol. The molecule has 0 bridgehead atoms. The molecule has 0 saturated heterocycles. The fourth-order valence-corrected chi connectivity index (χ4v) is 3.21. The summed E-state index contributed by atoms with van der Waals surface area (Å²) in [6.45, 7) is 1.49. The molecule has 4 N–H and O–H groups in total. The van der Waals surface area contributed by atoms with Gasteiger partial charge in [0.15, 0.2) is 0 Å². The van der Waals surface area contributed by atoms with Crippen LogP contribution in [0.3, 0.4) is 0 Å². The van der Waals surface area contributed by atoms with Crippen LogP contribution in [0.25, 0.3) is 0 Å². The lowest BCUT2D eigenvalue weighted by atomic mass is 10.0. The van der Waals surface area contributed by atoms with Crippen LogP contribution in [0.5, 0.6) is 0 Å². The summed E-state index contributed by atoms with van der Waals surface area (Å²) in [5.41, 5.74) is 6.17. The molecule has 6 nitrogen and oxygen atoms in total. The number of hydrogen-bond donors (Lipinski definition) is 3. The molecule has 0 aliphatic rings.